The maximum Gasteiger partial charge on any atom is 0.238 e. The number of hydrogen-bond donors (Lipinski definition) is 2. The number of aromatic nitrogens is 2. The minimum absolute atomic E-state index is 0.0344. The monoisotopic (exact) mass is 424 g/mol. The summed E-state index contributed by atoms with van der Waals surface area (Å²) in [4.78, 5) is 0.0344. The minimum atomic E-state index is -3.77. The molecule has 0 radical (unpaired) electrons. The first-order valence-electron chi connectivity index (χ1n) is 8.67. The van der Waals surface area contributed by atoms with E-state index in [2.05, 4.69) is 0 Å². The second kappa shape index (κ2) is 7.36. The third-order valence-electron chi connectivity index (χ3n) is 4.50. The first-order chi connectivity index (χ1) is 13.8. The van der Waals surface area contributed by atoms with Crippen molar-refractivity contribution in [3.8, 4) is 28.2 Å². The normalized spacial score (nSPS) is 11.5. The van der Waals surface area contributed by atoms with Crippen LogP contribution in [-0.4, -0.2) is 18.2 Å². The summed E-state index contributed by atoms with van der Waals surface area (Å²) in [7, 11) is -3.77. The SMILES string of the molecule is Nc1ccccc1-c1cc(-c2ccc(Cl)cc2)nn1-c1ccc(S(N)(=O)=O)cc1. The highest BCUT2D eigenvalue weighted by Gasteiger charge is 2.16. The lowest BCUT2D eigenvalue weighted by atomic mass is 10.1. The molecule has 29 heavy (non-hydrogen) atoms. The predicted octanol–water partition coefficient (Wildman–Crippen LogP) is 4.09. The minimum Gasteiger partial charge on any atom is -0.398 e. The van der Waals surface area contributed by atoms with Crippen LogP contribution >= 0.6 is 11.6 Å². The van der Waals surface area contributed by atoms with Crippen molar-refractivity contribution >= 4 is 27.3 Å². The predicted molar refractivity (Wildman–Crippen MR) is 115 cm³/mol. The van der Waals surface area contributed by atoms with E-state index >= 15 is 0 Å². The zero-order valence-corrected chi connectivity index (χ0v) is 16.7. The van der Waals surface area contributed by atoms with E-state index in [-0.39, 0.29) is 4.90 Å². The summed E-state index contributed by atoms with van der Waals surface area (Å²) in [5, 5.41) is 10.6. The highest BCUT2D eigenvalue weighted by atomic mass is 35.5. The Kier molecular flexibility index (Phi) is 4.87. The average Bonchev–Trinajstić information content (AvgIpc) is 3.13. The van der Waals surface area contributed by atoms with E-state index in [0.717, 1.165) is 22.5 Å². The first kappa shape index (κ1) is 19.2. The summed E-state index contributed by atoms with van der Waals surface area (Å²) >= 11 is 6.00. The molecule has 0 fully saturated rings. The van der Waals surface area contributed by atoms with Crippen LogP contribution in [0.2, 0.25) is 5.02 Å². The molecule has 0 aliphatic heterocycles. The molecule has 0 unspecified atom stereocenters. The van der Waals surface area contributed by atoms with Crippen LogP contribution in [0.25, 0.3) is 28.2 Å². The molecule has 0 aliphatic rings. The van der Waals surface area contributed by atoms with Crippen LogP contribution in [0.15, 0.2) is 83.8 Å². The molecular formula is C21H17ClN4O2S. The first-order valence-corrected chi connectivity index (χ1v) is 10.6. The number of halogens is 1. The molecule has 1 aromatic heterocycles. The smallest absolute Gasteiger partial charge is 0.238 e. The van der Waals surface area contributed by atoms with Gasteiger partial charge < -0.3 is 5.73 Å². The van der Waals surface area contributed by atoms with Crippen LogP contribution in [0.1, 0.15) is 0 Å². The largest absolute Gasteiger partial charge is 0.398 e. The van der Waals surface area contributed by atoms with Crippen LogP contribution in [0, 0.1) is 0 Å². The van der Waals surface area contributed by atoms with Gasteiger partial charge in [-0.15, -0.1) is 0 Å². The Labute approximate surface area is 173 Å². The van der Waals surface area contributed by atoms with E-state index in [1.807, 2.05) is 42.5 Å². The van der Waals surface area contributed by atoms with Crippen molar-refractivity contribution in [1.29, 1.82) is 0 Å². The lowest BCUT2D eigenvalue weighted by molar-refractivity contribution is 0.598. The van der Waals surface area contributed by atoms with Crippen molar-refractivity contribution in [1.82, 2.24) is 9.78 Å². The van der Waals surface area contributed by atoms with Crippen molar-refractivity contribution in [2.75, 3.05) is 5.73 Å². The Morgan fingerprint density at radius 3 is 2.17 bits per heavy atom. The number of primary sulfonamides is 1. The van der Waals surface area contributed by atoms with Gasteiger partial charge in [0.2, 0.25) is 10.0 Å². The van der Waals surface area contributed by atoms with Gasteiger partial charge in [0.15, 0.2) is 0 Å². The van der Waals surface area contributed by atoms with Crippen LogP contribution in [0.3, 0.4) is 0 Å². The zero-order valence-electron chi connectivity index (χ0n) is 15.2. The average molecular weight is 425 g/mol. The molecule has 4 aromatic rings. The molecule has 0 bridgehead atoms. The number of sulfonamides is 1. The Bertz CT molecular complexity index is 1280. The van der Waals surface area contributed by atoms with Gasteiger partial charge in [0, 0.05) is 21.8 Å². The quantitative estimate of drug-likeness (QED) is 0.481. The Morgan fingerprint density at radius 1 is 0.897 bits per heavy atom. The van der Waals surface area contributed by atoms with Crippen molar-refractivity contribution in [3.63, 3.8) is 0 Å². The standard InChI is InChI=1S/C21H17ClN4O2S/c22-15-7-5-14(6-8-15)20-13-21(18-3-1-2-4-19(18)23)26(25-20)16-9-11-17(12-10-16)29(24,27)28/h1-13H,23H2,(H2,24,27,28). The maximum atomic E-state index is 11.6. The van der Waals surface area contributed by atoms with Crippen LogP contribution in [0.4, 0.5) is 5.69 Å². The van der Waals surface area contributed by atoms with Gasteiger partial charge in [-0.05, 0) is 48.5 Å². The highest BCUT2D eigenvalue weighted by Crippen LogP contribution is 2.32. The Hall–Kier alpha value is -3.13. The van der Waals surface area contributed by atoms with Crippen LogP contribution in [-0.2, 0) is 10.0 Å². The fourth-order valence-electron chi connectivity index (χ4n) is 3.04. The van der Waals surface area contributed by atoms with E-state index in [9.17, 15) is 8.42 Å². The molecule has 6 nitrogen and oxygen atoms in total. The molecule has 0 saturated heterocycles. The van der Waals surface area contributed by atoms with E-state index in [1.165, 1.54) is 12.1 Å². The molecule has 4 N–H and O–H groups in total. The zero-order chi connectivity index (χ0) is 20.6. The van der Waals surface area contributed by atoms with E-state index in [0.29, 0.717) is 16.4 Å². The topological polar surface area (TPSA) is 104 Å². The molecule has 4 rings (SSSR count). The second-order valence-electron chi connectivity index (χ2n) is 6.46. The molecule has 0 saturated carbocycles. The summed E-state index contributed by atoms with van der Waals surface area (Å²) in [6.07, 6.45) is 0. The molecule has 1 heterocycles. The van der Waals surface area contributed by atoms with Crippen molar-refractivity contribution < 1.29 is 8.42 Å². The number of nitrogens with zero attached hydrogens (tertiary/aromatic N) is 2. The summed E-state index contributed by atoms with van der Waals surface area (Å²) in [6.45, 7) is 0. The molecule has 3 aromatic carbocycles. The summed E-state index contributed by atoms with van der Waals surface area (Å²) in [5.41, 5.74) is 10.7. The van der Waals surface area contributed by atoms with Crippen LogP contribution < -0.4 is 10.9 Å². The van der Waals surface area contributed by atoms with Crippen molar-refractivity contribution in [2.24, 2.45) is 5.14 Å². The molecule has 0 spiro atoms. The fourth-order valence-corrected chi connectivity index (χ4v) is 3.68. The Balaban J connectivity index is 1.89. The molecule has 0 amide bonds. The van der Waals surface area contributed by atoms with Crippen molar-refractivity contribution in [2.45, 2.75) is 4.90 Å². The van der Waals surface area contributed by atoms with E-state index in [4.69, 9.17) is 27.6 Å². The van der Waals surface area contributed by atoms with Gasteiger partial charge in [-0.1, -0.05) is 41.9 Å². The third kappa shape index (κ3) is 3.88. The number of rotatable bonds is 4. The van der Waals surface area contributed by atoms with Gasteiger partial charge in [-0.25, -0.2) is 18.2 Å². The highest BCUT2D eigenvalue weighted by molar-refractivity contribution is 7.89. The van der Waals surface area contributed by atoms with Gasteiger partial charge in [-0.3, -0.25) is 0 Å². The summed E-state index contributed by atoms with van der Waals surface area (Å²) in [5.74, 6) is 0. The number of anilines is 1. The number of nitrogens with two attached hydrogens (primary N) is 2. The van der Waals surface area contributed by atoms with Gasteiger partial charge in [-0.2, -0.15) is 5.10 Å². The van der Waals surface area contributed by atoms with E-state index in [1.54, 1.807) is 28.9 Å². The number of benzene rings is 3. The van der Waals surface area contributed by atoms with Crippen LogP contribution in [0.5, 0.6) is 0 Å². The molecule has 146 valence electrons. The van der Waals surface area contributed by atoms with Gasteiger partial charge in [0.1, 0.15) is 0 Å². The summed E-state index contributed by atoms with van der Waals surface area (Å²) < 4.78 is 24.8. The fraction of sp³-hybridized carbons (Fsp3) is 0. The molecule has 0 atom stereocenters. The van der Waals surface area contributed by atoms with E-state index < -0.39 is 10.0 Å². The van der Waals surface area contributed by atoms with Crippen molar-refractivity contribution in [3.05, 3.63) is 83.9 Å². The number of para-hydroxylation sites is 1. The summed E-state index contributed by atoms with van der Waals surface area (Å²) in [6, 6.07) is 23.0. The van der Waals surface area contributed by atoms with Gasteiger partial charge in [0.25, 0.3) is 0 Å². The Morgan fingerprint density at radius 2 is 1.55 bits per heavy atom. The molecule has 0 aliphatic carbocycles. The number of nitrogen functional groups attached to an aromatic ring is 1. The second-order valence-corrected chi connectivity index (χ2v) is 8.46. The maximum absolute atomic E-state index is 11.6. The molecule has 8 heteroatoms. The van der Waals surface area contributed by atoms with Gasteiger partial charge in [0.05, 0.1) is 22.0 Å². The molecular weight excluding hydrogens is 408 g/mol. The van der Waals surface area contributed by atoms with Gasteiger partial charge >= 0.3 is 0 Å². The number of hydrogen-bond acceptors (Lipinski definition) is 4. The lowest BCUT2D eigenvalue weighted by Crippen LogP contribution is -2.12. The third-order valence-corrected chi connectivity index (χ3v) is 5.68. The lowest BCUT2D eigenvalue weighted by Gasteiger charge is -2.10.